The van der Waals surface area contributed by atoms with E-state index in [0.29, 0.717) is 27.7 Å². The van der Waals surface area contributed by atoms with E-state index in [-0.39, 0.29) is 17.2 Å². The number of aromatic nitrogens is 2. The molecular formula is C20H14F2N2OS2. The van der Waals surface area contributed by atoms with Crippen LogP contribution in [0.5, 0.6) is 0 Å². The van der Waals surface area contributed by atoms with Crippen LogP contribution in [0.3, 0.4) is 0 Å². The minimum absolute atomic E-state index is 0.124. The van der Waals surface area contributed by atoms with Crippen LogP contribution in [0, 0.1) is 11.6 Å². The van der Waals surface area contributed by atoms with Crippen molar-refractivity contribution in [1.29, 1.82) is 0 Å². The summed E-state index contributed by atoms with van der Waals surface area (Å²) in [6, 6.07) is 14.2. The second-order valence-electron chi connectivity index (χ2n) is 5.97. The average molecular weight is 400 g/mol. The molecule has 136 valence electrons. The van der Waals surface area contributed by atoms with Gasteiger partial charge in [0, 0.05) is 5.75 Å². The fraction of sp³-hybridized carbons (Fsp3) is 0.100. The highest BCUT2D eigenvalue weighted by Gasteiger charge is 2.13. The van der Waals surface area contributed by atoms with Crippen LogP contribution < -0.4 is 5.56 Å². The van der Waals surface area contributed by atoms with Crippen molar-refractivity contribution in [1.82, 2.24) is 9.55 Å². The van der Waals surface area contributed by atoms with E-state index >= 15 is 0 Å². The number of hydrogen-bond donors (Lipinski definition) is 0. The highest BCUT2D eigenvalue weighted by molar-refractivity contribution is 7.98. The summed E-state index contributed by atoms with van der Waals surface area (Å²) < 4.78 is 28.8. The molecule has 0 amide bonds. The van der Waals surface area contributed by atoms with Crippen molar-refractivity contribution in [2.24, 2.45) is 0 Å². The standard InChI is InChI=1S/C20H14F2N2OS2/c21-15-6-4-13(5-7-15)11-24-19(25)18-17(8-9-26-18)23-20(24)27-12-14-2-1-3-16(22)10-14/h1-10H,11-12H2. The summed E-state index contributed by atoms with van der Waals surface area (Å²) in [5.41, 5.74) is 2.15. The van der Waals surface area contributed by atoms with Crippen LogP contribution in [0.25, 0.3) is 10.2 Å². The lowest BCUT2D eigenvalue weighted by atomic mass is 10.2. The number of fused-ring (bicyclic) bond motifs is 1. The molecule has 0 saturated carbocycles. The Morgan fingerprint density at radius 3 is 2.59 bits per heavy atom. The molecule has 0 unspecified atom stereocenters. The van der Waals surface area contributed by atoms with Gasteiger partial charge in [-0.05, 0) is 46.8 Å². The number of thioether (sulfide) groups is 1. The molecule has 0 aliphatic rings. The molecule has 0 aliphatic carbocycles. The third-order valence-electron chi connectivity index (χ3n) is 4.04. The van der Waals surface area contributed by atoms with Gasteiger partial charge in [-0.2, -0.15) is 0 Å². The summed E-state index contributed by atoms with van der Waals surface area (Å²) in [7, 11) is 0. The Morgan fingerprint density at radius 2 is 1.81 bits per heavy atom. The lowest BCUT2D eigenvalue weighted by molar-refractivity contribution is 0.622. The van der Waals surface area contributed by atoms with E-state index in [1.54, 1.807) is 22.8 Å². The van der Waals surface area contributed by atoms with Crippen molar-refractivity contribution < 1.29 is 8.78 Å². The second kappa shape index (κ2) is 7.62. The largest absolute Gasteiger partial charge is 0.282 e. The smallest absolute Gasteiger partial charge is 0.272 e. The topological polar surface area (TPSA) is 34.9 Å². The third kappa shape index (κ3) is 3.94. The molecule has 2 aromatic carbocycles. The van der Waals surface area contributed by atoms with E-state index in [0.717, 1.165) is 11.1 Å². The molecular weight excluding hydrogens is 386 g/mol. The fourth-order valence-electron chi connectivity index (χ4n) is 2.72. The van der Waals surface area contributed by atoms with Gasteiger partial charge in [-0.3, -0.25) is 9.36 Å². The molecule has 0 bridgehead atoms. The first-order valence-electron chi connectivity index (χ1n) is 8.20. The first-order valence-corrected chi connectivity index (χ1v) is 10.1. The van der Waals surface area contributed by atoms with Gasteiger partial charge in [0.1, 0.15) is 16.3 Å². The van der Waals surface area contributed by atoms with Crippen LogP contribution in [0.2, 0.25) is 0 Å². The van der Waals surface area contributed by atoms with Gasteiger partial charge < -0.3 is 0 Å². The summed E-state index contributed by atoms with van der Waals surface area (Å²) in [4.78, 5) is 17.5. The van der Waals surface area contributed by atoms with Crippen LogP contribution in [0.15, 0.2) is 69.9 Å². The maximum Gasteiger partial charge on any atom is 0.272 e. The predicted octanol–water partition coefficient (Wildman–Crippen LogP) is 5.08. The summed E-state index contributed by atoms with van der Waals surface area (Å²) in [5, 5.41) is 2.39. The molecule has 2 heterocycles. The van der Waals surface area contributed by atoms with Gasteiger partial charge in [0.15, 0.2) is 5.16 Å². The number of hydrogen-bond acceptors (Lipinski definition) is 4. The fourth-order valence-corrected chi connectivity index (χ4v) is 4.44. The molecule has 0 spiro atoms. The van der Waals surface area contributed by atoms with Crippen LogP contribution in [-0.2, 0) is 12.3 Å². The molecule has 4 rings (SSSR count). The number of thiophene rings is 1. The Bertz CT molecular complexity index is 1150. The third-order valence-corrected chi connectivity index (χ3v) is 5.98. The van der Waals surface area contributed by atoms with Crippen molar-refractivity contribution in [3.63, 3.8) is 0 Å². The average Bonchev–Trinajstić information content (AvgIpc) is 3.13. The maximum atomic E-state index is 13.4. The number of rotatable bonds is 5. The summed E-state index contributed by atoms with van der Waals surface area (Å²) in [5.74, 6) is -0.125. The van der Waals surface area contributed by atoms with Gasteiger partial charge in [0.25, 0.3) is 5.56 Å². The van der Waals surface area contributed by atoms with E-state index in [1.807, 2.05) is 17.5 Å². The number of nitrogens with zero attached hydrogens (tertiary/aromatic N) is 2. The summed E-state index contributed by atoms with van der Waals surface area (Å²) in [6.45, 7) is 0.297. The zero-order valence-corrected chi connectivity index (χ0v) is 15.7. The molecule has 7 heteroatoms. The van der Waals surface area contributed by atoms with Crippen molar-refractivity contribution in [3.05, 3.63) is 93.1 Å². The van der Waals surface area contributed by atoms with Crippen molar-refractivity contribution in [2.75, 3.05) is 0 Å². The molecule has 0 aliphatic heterocycles. The van der Waals surface area contributed by atoms with E-state index in [4.69, 9.17) is 0 Å². The lowest BCUT2D eigenvalue weighted by Crippen LogP contribution is -2.23. The van der Waals surface area contributed by atoms with Crippen molar-refractivity contribution in [3.8, 4) is 0 Å². The zero-order chi connectivity index (χ0) is 18.8. The van der Waals surface area contributed by atoms with Gasteiger partial charge in [0.2, 0.25) is 0 Å². The SMILES string of the molecule is O=c1c2sccc2nc(SCc2cccc(F)c2)n1Cc1ccc(F)cc1. The van der Waals surface area contributed by atoms with Crippen LogP contribution >= 0.6 is 23.1 Å². The Balaban J connectivity index is 1.71. The molecule has 0 atom stereocenters. The monoisotopic (exact) mass is 400 g/mol. The van der Waals surface area contributed by atoms with Gasteiger partial charge in [-0.15, -0.1) is 11.3 Å². The first kappa shape index (κ1) is 17.9. The molecule has 0 N–H and O–H groups in total. The molecule has 2 aromatic heterocycles. The molecule has 0 saturated heterocycles. The molecule has 0 radical (unpaired) electrons. The lowest BCUT2D eigenvalue weighted by Gasteiger charge is -2.12. The van der Waals surface area contributed by atoms with Crippen molar-refractivity contribution in [2.45, 2.75) is 17.5 Å². The van der Waals surface area contributed by atoms with E-state index in [1.165, 1.54) is 47.4 Å². The van der Waals surface area contributed by atoms with Gasteiger partial charge in [-0.1, -0.05) is 36.0 Å². The normalized spacial score (nSPS) is 11.2. The maximum absolute atomic E-state index is 13.4. The Morgan fingerprint density at radius 1 is 1.00 bits per heavy atom. The van der Waals surface area contributed by atoms with Crippen molar-refractivity contribution >= 4 is 33.3 Å². The van der Waals surface area contributed by atoms with Crippen LogP contribution in [0.1, 0.15) is 11.1 Å². The molecule has 0 fully saturated rings. The highest BCUT2D eigenvalue weighted by Crippen LogP contribution is 2.25. The van der Waals surface area contributed by atoms with Crippen LogP contribution in [0.4, 0.5) is 8.78 Å². The zero-order valence-electron chi connectivity index (χ0n) is 14.1. The van der Waals surface area contributed by atoms with Crippen LogP contribution in [-0.4, -0.2) is 9.55 Å². The predicted molar refractivity (Wildman–Crippen MR) is 105 cm³/mol. The molecule has 27 heavy (non-hydrogen) atoms. The summed E-state index contributed by atoms with van der Waals surface area (Å²) >= 11 is 2.73. The Kier molecular flexibility index (Phi) is 5.05. The quantitative estimate of drug-likeness (QED) is 0.346. The second-order valence-corrected chi connectivity index (χ2v) is 7.82. The van der Waals surface area contributed by atoms with Gasteiger partial charge in [-0.25, -0.2) is 13.8 Å². The van der Waals surface area contributed by atoms with Gasteiger partial charge in [0.05, 0.1) is 12.1 Å². The first-order chi connectivity index (χ1) is 13.1. The Labute approximate surface area is 162 Å². The van der Waals surface area contributed by atoms with E-state index in [2.05, 4.69) is 4.98 Å². The summed E-state index contributed by atoms with van der Waals surface area (Å²) in [6.07, 6.45) is 0. The number of benzene rings is 2. The van der Waals surface area contributed by atoms with E-state index in [9.17, 15) is 13.6 Å². The minimum Gasteiger partial charge on any atom is -0.282 e. The molecule has 3 nitrogen and oxygen atoms in total. The molecule has 4 aromatic rings. The van der Waals surface area contributed by atoms with Gasteiger partial charge >= 0.3 is 0 Å². The number of halogens is 2. The highest BCUT2D eigenvalue weighted by atomic mass is 32.2. The van der Waals surface area contributed by atoms with E-state index < -0.39 is 0 Å². The minimum atomic E-state index is -0.321. The Hall–Kier alpha value is -2.51.